The van der Waals surface area contributed by atoms with E-state index >= 15 is 0 Å². The van der Waals surface area contributed by atoms with Gasteiger partial charge in [-0.15, -0.1) is 0 Å². The van der Waals surface area contributed by atoms with E-state index in [4.69, 9.17) is 0 Å². The number of nitrogens with zero attached hydrogens (tertiary/aromatic N) is 5. The third-order valence-electron chi connectivity index (χ3n) is 6.42. The van der Waals surface area contributed by atoms with E-state index in [0.29, 0.717) is 36.7 Å². The fraction of sp³-hybridized carbons (Fsp3) is 0.333. The van der Waals surface area contributed by atoms with Crippen LogP contribution in [0.1, 0.15) is 16.8 Å². The van der Waals surface area contributed by atoms with Crippen LogP contribution in [0.4, 0.5) is 24.7 Å². The second kappa shape index (κ2) is 8.92. The van der Waals surface area contributed by atoms with Crippen molar-refractivity contribution in [2.24, 2.45) is 5.92 Å². The lowest BCUT2D eigenvalue weighted by Gasteiger charge is -2.49. The van der Waals surface area contributed by atoms with Crippen LogP contribution in [0.15, 0.2) is 61.2 Å². The molecule has 2 aliphatic rings. The first kappa shape index (κ1) is 22.1. The maximum Gasteiger partial charge on any atom is 0.416 e. The molecular weight excluding hydrogens is 445 g/mol. The predicted molar refractivity (Wildman–Crippen MR) is 120 cm³/mol. The van der Waals surface area contributed by atoms with Gasteiger partial charge in [-0.05, 0) is 42.3 Å². The highest BCUT2D eigenvalue weighted by molar-refractivity contribution is 5.82. The highest BCUT2D eigenvalue weighted by Crippen LogP contribution is 2.40. The number of fused-ring (bicyclic) bond motifs is 3. The van der Waals surface area contributed by atoms with Gasteiger partial charge in [0.15, 0.2) is 0 Å². The second-order valence-electron chi connectivity index (χ2n) is 8.46. The quantitative estimate of drug-likeness (QED) is 0.635. The van der Waals surface area contributed by atoms with Crippen LogP contribution in [0.5, 0.6) is 0 Å². The highest BCUT2D eigenvalue weighted by atomic mass is 19.4. The van der Waals surface area contributed by atoms with Crippen LogP contribution in [0.3, 0.4) is 0 Å². The highest BCUT2D eigenvalue weighted by Gasteiger charge is 2.43. The summed E-state index contributed by atoms with van der Waals surface area (Å²) in [4.78, 5) is 30.2. The fourth-order valence-corrected chi connectivity index (χ4v) is 4.77. The number of aromatic nitrogens is 3. The summed E-state index contributed by atoms with van der Waals surface area (Å²) in [6.45, 7) is 1.95. The predicted octanol–water partition coefficient (Wildman–Crippen LogP) is 3.07. The number of halogens is 3. The van der Waals surface area contributed by atoms with E-state index in [1.807, 2.05) is 12.1 Å². The smallest absolute Gasteiger partial charge is 0.364 e. The Labute approximate surface area is 194 Å². The van der Waals surface area contributed by atoms with Gasteiger partial charge in [0.1, 0.15) is 5.82 Å². The maximum atomic E-state index is 13.4. The number of hydrogen-bond donors (Lipinski definition) is 1. The second-order valence-corrected chi connectivity index (χ2v) is 8.46. The van der Waals surface area contributed by atoms with Crippen molar-refractivity contribution in [2.45, 2.75) is 25.2 Å². The summed E-state index contributed by atoms with van der Waals surface area (Å²) in [7, 11) is 0. The maximum absolute atomic E-state index is 13.4. The van der Waals surface area contributed by atoms with Crippen molar-refractivity contribution < 1.29 is 18.0 Å². The van der Waals surface area contributed by atoms with Crippen LogP contribution < -0.4 is 15.1 Å². The van der Waals surface area contributed by atoms with Crippen LogP contribution in [-0.4, -0.2) is 46.5 Å². The number of anilines is 2. The van der Waals surface area contributed by atoms with E-state index in [0.717, 1.165) is 11.8 Å². The molecule has 1 N–H and O–H groups in total. The molecule has 0 aliphatic carbocycles. The molecule has 0 saturated carbocycles. The van der Waals surface area contributed by atoms with Crippen molar-refractivity contribution in [3.8, 4) is 0 Å². The van der Waals surface area contributed by atoms with Crippen molar-refractivity contribution in [1.29, 1.82) is 0 Å². The van der Waals surface area contributed by atoms with E-state index < -0.39 is 17.7 Å². The summed E-state index contributed by atoms with van der Waals surface area (Å²) in [5.41, 5.74) is 1.31. The Hall–Kier alpha value is -3.69. The summed E-state index contributed by atoms with van der Waals surface area (Å²) in [5.74, 6) is -0.0168. The monoisotopic (exact) mass is 468 g/mol. The molecule has 2 atom stereocenters. The van der Waals surface area contributed by atoms with E-state index in [-0.39, 0.29) is 24.9 Å². The molecule has 0 radical (unpaired) electrons. The third kappa shape index (κ3) is 4.40. The van der Waals surface area contributed by atoms with Crippen LogP contribution in [0.25, 0.3) is 0 Å². The molecule has 1 saturated heterocycles. The molecule has 0 unspecified atom stereocenters. The number of carbonyl (C=O) groups is 1. The lowest BCUT2D eigenvalue weighted by molar-refractivity contribution is -0.137. The number of piperazine rings is 1. The van der Waals surface area contributed by atoms with E-state index in [1.165, 1.54) is 12.1 Å². The zero-order valence-electron chi connectivity index (χ0n) is 18.2. The first-order valence-corrected chi connectivity index (χ1v) is 11.1. The van der Waals surface area contributed by atoms with Crippen molar-refractivity contribution in [3.05, 3.63) is 78.0 Å². The molecule has 0 bridgehead atoms. The zero-order chi connectivity index (χ0) is 23.7. The molecule has 34 heavy (non-hydrogen) atoms. The number of amides is 1. The molecule has 1 fully saturated rings. The SMILES string of the molecule is O=C(NCc1ccccn1)[C@@H]1Cc2cc(C(F)(F)F)ccc2N2CCN(c3cnccn3)C[C@@H]12. The van der Waals surface area contributed by atoms with Gasteiger partial charge in [0.25, 0.3) is 0 Å². The largest absolute Gasteiger partial charge is 0.416 e. The molecular formula is C24H23F3N6O. The molecule has 176 valence electrons. The fourth-order valence-electron chi connectivity index (χ4n) is 4.77. The van der Waals surface area contributed by atoms with Gasteiger partial charge in [-0.2, -0.15) is 13.2 Å². The molecule has 4 heterocycles. The average Bonchev–Trinajstić information content (AvgIpc) is 2.86. The molecule has 1 amide bonds. The Balaban J connectivity index is 1.44. The lowest BCUT2D eigenvalue weighted by Crippen LogP contribution is -2.61. The minimum Gasteiger partial charge on any atom is -0.364 e. The lowest BCUT2D eigenvalue weighted by atomic mass is 9.82. The van der Waals surface area contributed by atoms with Gasteiger partial charge in [0, 0.05) is 43.9 Å². The Bertz CT molecular complexity index is 1160. The summed E-state index contributed by atoms with van der Waals surface area (Å²) in [5, 5.41) is 2.94. The molecule has 10 heteroatoms. The number of rotatable bonds is 4. The molecule has 0 spiro atoms. The Morgan fingerprint density at radius 3 is 2.71 bits per heavy atom. The first-order chi connectivity index (χ1) is 16.4. The third-order valence-corrected chi connectivity index (χ3v) is 6.42. The van der Waals surface area contributed by atoms with Gasteiger partial charge in [-0.3, -0.25) is 14.8 Å². The topological polar surface area (TPSA) is 74.2 Å². The average molecular weight is 468 g/mol. The zero-order valence-corrected chi connectivity index (χ0v) is 18.2. The van der Waals surface area contributed by atoms with Crippen molar-refractivity contribution in [3.63, 3.8) is 0 Å². The van der Waals surface area contributed by atoms with Gasteiger partial charge in [0.2, 0.25) is 5.91 Å². The molecule has 5 rings (SSSR count). The Morgan fingerprint density at radius 1 is 1.09 bits per heavy atom. The summed E-state index contributed by atoms with van der Waals surface area (Å²) >= 11 is 0. The van der Waals surface area contributed by atoms with Gasteiger partial charge in [0.05, 0.1) is 36.0 Å². The standard InChI is InChI=1S/C24H23F3N6O/c25-24(26,27)17-4-5-20-16(11-17)12-19(23(34)31-13-18-3-1-2-6-29-18)21-15-32(9-10-33(20)21)22-14-28-7-8-30-22/h1-8,11,14,19,21H,9-10,12-13,15H2,(H,31,34)/t19-,21+/m1/s1. The van der Waals surface area contributed by atoms with Gasteiger partial charge < -0.3 is 15.1 Å². The number of nitrogens with one attached hydrogen (secondary N) is 1. The normalized spacial score (nSPS) is 19.9. The first-order valence-electron chi connectivity index (χ1n) is 11.1. The molecule has 7 nitrogen and oxygen atoms in total. The number of benzene rings is 1. The Kier molecular flexibility index (Phi) is 5.80. The number of pyridine rings is 1. The summed E-state index contributed by atoms with van der Waals surface area (Å²) in [6, 6.07) is 9.06. The van der Waals surface area contributed by atoms with Crippen LogP contribution >= 0.6 is 0 Å². The molecule has 1 aromatic carbocycles. The van der Waals surface area contributed by atoms with Crippen LogP contribution in [0, 0.1) is 5.92 Å². The molecule has 3 aromatic rings. The number of hydrogen-bond acceptors (Lipinski definition) is 6. The molecule has 2 aromatic heterocycles. The van der Waals surface area contributed by atoms with Crippen molar-refractivity contribution >= 4 is 17.4 Å². The van der Waals surface area contributed by atoms with Crippen molar-refractivity contribution in [1.82, 2.24) is 20.3 Å². The van der Waals surface area contributed by atoms with E-state index in [1.54, 1.807) is 30.9 Å². The van der Waals surface area contributed by atoms with Gasteiger partial charge in [-0.25, -0.2) is 4.98 Å². The number of alkyl halides is 3. The van der Waals surface area contributed by atoms with Crippen LogP contribution in [-0.2, 0) is 23.9 Å². The van der Waals surface area contributed by atoms with E-state index in [2.05, 4.69) is 30.1 Å². The van der Waals surface area contributed by atoms with E-state index in [9.17, 15) is 18.0 Å². The van der Waals surface area contributed by atoms with Crippen LogP contribution in [0.2, 0.25) is 0 Å². The van der Waals surface area contributed by atoms with Crippen molar-refractivity contribution in [2.75, 3.05) is 29.4 Å². The molecule has 2 aliphatic heterocycles. The Morgan fingerprint density at radius 2 is 1.97 bits per heavy atom. The summed E-state index contributed by atoms with van der Waals surface area (Å²) in [6.07, 6.45) is 2.34. The minimum atomic E-state index is -4.44. The van der Waals surface area contributed by atoms with Gasteiger partial charge >= 0.3 is 6.18 Å². The minimum absolute atomic E-state index is 0.204. The van der Waals surface area contributed by atoms with Gasteiger partial charge in [-0.1, -0.05) is 6.07 Å². The summed E-state index contributed by atoms with van der Waals surface area (Å²) < 4.78 is 40.1. The number of carbonyl (C=O) groups excluding carboxylic acids is 1.